The van der Waals surface area contributed by atoms with E-state index in [1.165, 1.54) is 0 Å². The molecular weight excluding hydrogens is 288 g/mol. The largest absolute Gasteiger partial charge is 0.323 e. The van der Waals surface area contributed by atoms with Crippen LogP contribution in [0.25, 0.3) is 0 Å². The lowest BCUT2D eigenvalue weighted by Gasteiger charge is -2.42. The molecule has 1 unspecified atom stereocenters. The zero-order valence-corrected chi connectivity index (χ0v) is 11.9. The van der Waals surface area contributed by atoms with E-state index >= 15 is 0 Å². The number of hydrogen-bond donors (Lipinski definition) is 2. The summed E-state index contributed by atoms with van der Waals surface area (Å²) in [6.45, 7) is 1.32. The Morgan fingerprint density at radius 3 is 3.00 bits per heavy atom. The fourth-order valence-corrected chi connectivity index (χ4v) is 3.33. The molecule has 2 aliphatic heterocycles. The van der Waals surface area contributed by atoms with Crippen LogP contribution in [-0.2, 0) is 5.66 Å². The Balaban J connectivity index is 2.02. The van der Waals surface area contributed by atoms with Crippen LogP contribution >= 0.6 is 11.6 Å². The van der Waals surface area contributed by atoms with Gasteiger partial charge in [0, 0.05) is 35.6 Å². The molecule has 1 atom stereocenters. The van der Waals surface area contributed by atoms with Crippen molar-refractivity contribution in [3.05, 3.63) is 58.9 Å². The molecule has 0 radical (unpaired) electrons. The van der Waals surface area contributed by atoms with Crippen molar-refractivity contribution in [2.24, 2.45) is 0 Å². The van der Waals surface area contributed by atoms with Crippen molar-refractivity contribution in [2.45, 2.75) is 5.66 Å². The third kappa shape index (κ3) is 1.68. The van der Waals surface area contributed by atoms with Crippen LogP contribution in [-0.4, -0.2) is 29.0 Å². The number of hydrogen-bond acceptors (Lipinski definition) is 3. The van der Waals surface area contributed by atoms with E-state index in [4.69, 9.17) is 11.6 Å². The fourth-order valence-electron chi connectivity index (χ4n) is 3.16. The molecule has 0 spiro atoms. The molecule has 2 aromatic rings. The first-order valence-corrected chi connectivity index (χ1v) is 7.15. The molecule has 0 aliphatic carbocycles. The number of nitrogens with zero attached hydrogens (tertiary/aromatic N) is 2. The molecule has 6 heteroatoms. The monoisotopic (exact) mass is 300 g/mol. The summed E-state index contributed by atoms with van der Waals surface area (Å²) in [5.74, 6) is 0. The number of carbonyl (C=O) groups is 1. The van der Waals surface area contributed by atoms with Crippen LogP contribution in [0.15, 0.2) is 42.6 Å². The fraction of sp³-hybridized carbons (Fsp3) is 0.200. The van der Waals surface area contributed by atoms with Crippen molar-refractivity contribution in [1.29, 1.82) is 0 Å². The number of fused-ring (bicyclic) bond motifs is 3. The highest BCUT2D eigenvalue weighted by atomic mass is 35.5. The van der Waals surface area contributed by atoms with Crippen LogP contribution in [0.2, 0.25) is 5.02 Å². The van der Waals surface area contributed by atoms with Gasteiger partial charge in [0.15, 0.2) is 5.66 Å². The third-order valence-electron chi connectivity index (χ3n) is 4.01. The average Bonchev–Trinajstić information content (AvgIpc) is 2.96. The lowest BCUT2D eigenvalue weighted by molar-refractivity contribution is 0.163. The summed E-state index contributed by atoms with van der Waals surface area (Å²) in [6.07, 6.45) is 1.74. The van der Waals surface area contributed by atoms with Gasteiger partial charge in [0.2, 0.25) is 0 Å². The number of pyridine rings is 1. The van der Waals surface area contributed by atoms with Gasteiger partial charge in [0.1, 0.15) is 0 Å². The molecule has 1 aromatic carbocycles. The minimum Gasteiger partial charge on any atom is -0.307 e. The molecule has 0 saturated carbocycles. The van der Waals surface area contributed by atoms with Crippen LogP contribution < -0.4 is 10.6 Å². The number of halogens is 1. The Hall–Kier alpha value is -2.11. The first kappa shape index (κ1) is 12.6. The van der Waals surface area contributed by atoms with Crippen LogP contribution in [0.1, 0.15) is 11.3 Å². The molecule has 0 bridgehead atoms. The molecule has 1 fully saturated rings. The van der Waals surface area contributed by atoms with Crippen molar-refractivity contribution >= 4 is 23.3 Å². The van der Waals surface area contributed by atoms with Gasteiger partial charge >= 0.3 is 6.03 Å². The van der Waals surface area contributed by atoms with Crippen molar-refractivity contribution in [3.63, 3.8) is 0 Å². The van der Waals surface area contributed by atoms with Crippen LogP contribution in [0.4, 0.5) is 10.5 Å². The highest BCUT2D eigenvalue weighted by molar-refractivity contribution is 6.30. The number of rotatable bonds is 1. The van der Waals surface area contributed by atoms with Gasteiger partial charge in [-0.1, -0.05) is 17.7 Å². The standard InChI is InChI=1S/C15H13ClN4O/c16-10-4-5-12-11(9-10)15(13-3-1-2-6-17-13)18-7-8-20(15)14(21)19-12/h1-6,9,18H,7-8H2,(H,19,21). The summed E-state index contributed by atoms with van der Waals surface area (Å²) in [5, 5.41) is 6.99. The van der Waals surface area contributed by atoms with Gasteiger partial charge in [-0.25, -0.2) is 4.79 Å². The normalized spacial score (nSPS) is 23.5. The zero-order chi connectivity index (χ0) is 14.4. The van der Waals surface area contributed by atoms with Gasteiger partial charge in [-0.3, -0.25) is 15.2 Å². The van der Waals surface area contributed by atoms with Gasteiger partial charge in [0.25, 0.3) is 0 Å². The van der Waals surface area contributed by atoms with Crippen molar-refractivity contribution in [2.75, 3.05) is 18.4 Å². The molecule has 21 heavy (non-hydrogen) atoms. The number of amides is 2. The number of anilines is 1. The van der Waals surface area contributed by atoms with Gasteiger partial charge in [-0.05, 0) is 30.3 Å². The molecule has 2 aliphatic rings. The Labute approximate surface area is 126 Å². The summed E-state index contributed by atoms with van der Waals surface area (Å²) in [4.78, 5) is 18.7. The number of aromatic nitrogens is 1. The van der Waals surface area contributed by atoms with Crippen molar-refractivity contribution in [1.82, 2.24) is 15.2 Å². The van der Waals surface area contributed by atoms with E-state index < -0.39 is 5.66 Å². The quantitative estimate of drug-likeness (QED) is 0.850. The van der Waals surface area contributed by atoms with E-state index in [9.17, 15) is 4.79 Å². The number of carbonyl (C=O) groups excluding carboxylic acids is 1. The number of urea groups is 1. The first-order chi connectivity index (χ1) is 10.2. The van der Waals surface area contributed by atoms with Gasteiger partial charge in [0.05, 0.1) is 5.69 Å². The van der Waals surface area contributed by atoms with Crippen LogP contribution in [0.3, 0.4) is 0 Å². The third-order valence-corrected chi connectivity index (χ3v) is 4.25. The predicted molar refractivity (Wildman–Crippen MR) is 80.2 cm³/mol. The van der Waals surface area contributed by atoms with E-state index in [2.05, 4.69) is 15.6 Å². The van der Waals surface area contributed by atoms with E-state index in [1.54, 1.807) is 17.2 Å². The summed E-state index contributed by atoms with van der Waals surface area (Å²) < 4.78 is 0. The molecular formula is C15H13ClN4O. The molecule has 3 heterocycles. The number of nitrogens with one attached hydrogen (secondary N) is 2. The highest BCUT2D eigenvalue weighted by Crippen LogP contribution is 2.43. The molecule has 5 nitrogen and oxygen atoms in total. The summed E-state index contributed by atoms with van der Waals surface area (Å²) >= 11 is 6.17. The molecule has 1 aromatic heterocycles. The summed E-state index contributed by atoms with van der Waals surface area (Å²) in [6, 6.07) is 11.1. The van der Waals surface area contributed by atoms with Gasteiger partial charge in [-0.15, -0.1) is 0 Å². The lowest BCUT2D eigenvalue weighted by Crippen LogP contribution is -2.56. The second-order valence-electron chi connectivity index (χ2n) is 5.12. The van der Waals surface area contributed by atoms with Crippen molar-refractivity contribution in [3.8, 4) is 0 Å². The first-order valence-electron chi connectivity index (χ1n) is 6.77. The second kappa shape index (κ2) is 4.44. The van der Waals surface area contributed by atoms with E-state index in [1.807, 2.05) is 30.3 Å². The molecule has 4 rings (SSSR count). The van der Waals surface area contributed by atoms with Gasteiger partial charge < -0.3 is 5.32 Å². The Morgan fingerprint density at radius 2 is 2.19 bits per heavy atom. The maximum atomic E-state index is 12.4. The van der Waals surface area contributed by atoms with Crippen LogP contribution in [0.5, 0.6) is 0 Å². The molecule has 1 saturated heterocycles. The molecule has 2 N–H and O–H groups in total. The minimum absolute atomic E-state index is 0.125. The summed E-state index contributed by atoms with van der Waals surface area (Å²) in [7, 11) is 0. The Morgan fingerprint density at radius 1 is 1.29 bits per heavy atom. The highest BCUT2D eigenvalue weighted by Gasteiger charge is 2.51. The second-order valence-corrected chi connectivity index (χ2v) is 5.56. The summed E-state index contributed by atoms with van der Waals surface area (Å²) in [5.41, 5.74) is 1.73. The smallest absolute Gasteiger partial charge is 0.307 e. The van der Waals surface area contributed by atoms with E-state index in [-0.39, 0.29) is 6.03 Å². The van der Waals surface area contributed by atoms with Crippen molar-refractivity contribution < 1.29 is 4.79 Å². The topological polar surface area (TPSA) is 57.3 Å². The van der Waals surface area contributed by atoms with Gasteiger partial charge in [-0.2, -0.15) is 0 Å². The zero-order valence-electron chi connectivity index (χ0n) is 11.1. The predicted octanol–water partition coefficient (Wildman–Crippen LogP) is 2.39. The lowest BCUT2D eigenvalue weighted by atomic mass is 9.91. The Kier molecular flexibility index (Phi) is 2.67. The molecule has 106 valence electrons. The maximum Gasteiger partial charge on any atom is 0.323 e. The van der Waals surface area contributed by atoms with Crippen LogP contribution in [0, 0.1) is 0 Å². The maximum absolute atomic E-state index is 12.4. The van der Waals surface area contributed by atoms with E-state index in [0.29, 0.717) is 18.1 Å². The SMILES string of the molecule is O=C1Nc2ccc(Cl)cc2C2(c3ccccn3)NCCN12. The Bertz CT molecular complexity index is 721. The number of benzene rings is 1. The molecule has 2 amide bonds. The average molecular weight is 301 g/mol. The minimum atomic E-state index is -0.746. The van der Waals surface area contributed by atoms with E-state index in [0.717, 1.165) is 16.9 Å².